The Bertz CT molecular complexity index is 760. The average molecular weight is 265 g/mol. The fraction of sp³-hybridized carbons (Fsp3) is 0.0625. The van der Waals surface area contributed by atoms with Gasteiger partial charge < -0.3 is 4.98 Å². The van der Waals surface area contributed by atoms with Crippen molar-refractivity contribution < 1.29 is 4.79 Å². The molecule has 0 saturated carbocycles. The van der Waals surface area contributed by atoms with Crippen LogP contribution in [0.25, 0.3) is 22.0 Å². The van der Waals surface area contributed by atoms with Crippen molar-refractivity contribution in [1.82, 2.24) is 9.99 Å². The summed E-state index contributed by atoms with van der Waals surface area (Å²) in [5.74, 6) is 5.36. The zero-order valence-electron chi connectivity index (χ0n) is 11.1. The molecule has 4 nitrogen and oxygen atoms in total. The number of hydrogen-bond donors (Lipinski definition) is 2. The van der Waals surface area contributed by atoms with Gasteiger partial charge in [-0.2, -0.15) is 0 Å². The van der Waals surface area contributed by atoms with E-state index in [0.717, 1.165) is 27.0 Å². The second kappa shape index (κ2) is 4.83. The molecule has 3 N–H and O–H groups in total. The molecule has 3 rings (SSSR count). The number of rotatable bonds is 2. The lowest BCUT2D eigenvalue weighted by molar-refractivity contribution is 0.0791. The predicted molar refractivity (Wildman–Crippen MR) is 80.0 cm³/mol. The Morgan fingerprint density at radius 1 is 1.05 bits per heavy atom. The Balaban J connectivity index is 2.32. The number of hydrazine groups is 1. The van der Waals surface area contributed by atoms with Gasteiger partial charge in [0.15, 0.2) is 0 Å². The number of carbonyl (C=O) groups is 1. The van der Waals surface area contributed by atoms with Crippen LogP contribution in [0, 0.1) is 0 Å². The number of nitrogens with zero attached hydrogens (tertiary/aromatic N) is 1. The van der Waals surface area contributed by atoms with Crippen LogP contribution in [0.15, 0.2) is 54.6 Å². The van der Waals surface area contributed by atoms with Gasteiger partial charge in [-0.3, -0.25) is 9.80 Å². The Kier molecular flexibility index (Phi) is 3.00. The van der Waals surface area contributed by atoms with Gasteiger partial charge in [0.2, 0.25) is 0 Å². The molecule has 2 aromatic carbocycles. The van der Waals surface area contributed by atoms with Gasteiger partial charge in [-0.1, -0.05) is 48.5 Å². The molecule has 1 aromatic heterocycles. The van der Waals surface area contributed by atoms with E-state index in [1.807, 2.05) is 54.6 Å². The maximum Gasteiger partial charge on any atom is 0.284 e. The van der Waals surface area contributed by atoms with Gasteiger partial charge in [-0.15, -0.1) is 0 Å². The molecular weight excluding hydrogens is 250 g/mol. The summed E-state index contributed by atoms with van der Waals surface area (Å²) in [5.41, 5.74) is 3.33. The van der Waals surface area contributed by atoms with Crippen molar-refractivity contribution >= 4 is 16.8 Å². The van der Waals surface area contributed by atoms with E-state index in [1.165, 1.54) is 0 Å². The summed E-state index contributed by atoms with van der Waals surface area (Å²) in [5, 5.41) is 2.11. The van der Waals surface area contributed by atoms with E-state index in [2.05, 4.69) is 4.98 Å². The molecule has 4 heteroatoms. The third-order valence-corrected chi connectivity index (χ3v) is 3.30. The molecule has 1 heterocycles. The minimum atomic E-state index is -0.236. The number of nitrogens with two attached hydrogens (primary N) is 1. The molecule has 0 fully saturated rings. The van der Waals surface area contributed by atoms with Crippen LogP contribution >= 0.6 is 0 Å². The van der Waals surface area contributed by atoms with Crippen molar-refractivity contribution in [1.29, 1.82) is 0 Å². The van der Waals surface area contributed by atoms with Crippen LogP contribution in [0.3, 0.4) is 0 Å². The van der Waals surface area contributed by atoms with Crippen LogP contribution in [-0.4, -0.2) is 22.9 Å². The van der Waals surface area contributed by atoms with E-state index < -0.39 is 0 Å². The highest BCUT2D eigenvalue weighted by Crippen LogP contribution is 2.32. The van der Waals surface area contributed by atoms with E-state index in [9.17, 15) is 4.79 Å². The Morgan fingerprint density at radius 2 is 1.70 bits per heavy atom. The summed E-state index contributed by atoms with van der Waals surface area (Å²) in [6.45, 7) is 0. The molecule has 0 atom stereocenters. The molecule has 0 unspecified atom stereocenters. The van der Waals surface area contributed by atoms with Crippen molar-refractivity contribution in [3.05, 3.63) is 60.3 Å². The summed E-state index contributed by atoms with van der Waals surface area (Å²) >= 11 is 0. The van der Waals surface area contributed by atoms with Crippen molar-refractivity contribution in [2.45, 2.75) is 0 Å². The summed E-state index contributed by atoms with van der Waals surface area (Å²) in [6.07, 6.45) is 0. The second-order valence-corrected chi connectivity index (χ2v) is 4.70. The minimum absolute atomic E-state index is 0.236. The van der Waals surface area contributed by atoms with Crippen LogP contribution in [-0.2, 0) is 0 Å². The number of amides is 1. The zero-order valence-corrected chi connectivity index (χ0v) is 11.1. The topological polar surface area (TPSA) is 62.1 Å². The van der Waals surface area contributed by atoms with Gasteiger partial charge in [0.1, 0.15) is 5.69 Å². The second-order valence-electron chi connectivity index (χ2n) is 4.70. The highest BCUT2D eigenvalue weighted by molar-refractivity contribution is 6.09. The predicted octanol–water partition coefficient (Wildman–Crippen LogP) is 2.78. The minimum Gasteiger partial charge on any atom is -0.350 e. The number of carbonyl (C=O) groups excluding carboxylic acids is 1. The molecule has 0 aliphatic heterocycles. The molecule has 3 aromatic rings. The summed E-state index contributed by atoms with van der Waals surface area (Å²) in [4.78, 5) is 15.5. The van der Waals surface area contributed by atoms with Crippen molar-refractivity contribution in [2.24, 2.45) is 5.84 Å². The first-order valence-corrected chi connectivity index (χ1v) is 6.37. The molecule has 0 radical (unpaired) electrons. The first kappa shape index (κ1) is 12.4. The Labute approximate surface area is 116 Å². The maximum absolute atomic E-state index is 12.3. The summed E-state index contributed by atoms with van der Waals surface area (Å²) in [6, 6.07) is 17.7. The van der Waals surface area contributed by atoms with Gasteiger partial charge >= 0.3 is 0 Å². The molecule has 1 amide bonds. The number of para-hydroxylation sites is 1. The quantitative estimate of drug-likeness (QED) is 0.425. The third-order valence-electron chi connectivity index (χ3n) is 3.30. The van der Waals surface area contributed by atoms with E-state index in [0.29, 0.717) is 5.69 Å². The lowest BCUT2D eigenvalue weighted by Crippen LogP contribution is -2.33. The normalized spacial score (nSPS) is 10.7. The van der Waals surface area contributed by atoms with Crippen LogP contribution in [0.1, 0.15) is 10.5 Å². The number of aromatic amines is 1. The molecule has 0 aliphatic carbocycles. The van der Waals surface area contributed by atoms with Gasteiger partial charge in [0.25, 0.3) is 5.91 Å². The van der Waals surface area contributed by atoms with Gasteiger partial charge in [-0.05, 0) is 11.6 Å². The fourth-order valence-corrected chi connectivity index (χ4v) is 2.38. The molecule has 100 valence electrons. The van der Waals surface area contributed by atoms with Gasteiger partial charge in [-0.25, -0.2) is 5.84 Å². The molecule has 0 bridgehead atoms. The van der Waals surface area contributed by atoms with Crippen LogP contribution < -0.4 is 5.84 Å². The van der Waals surface area contributed by atoms with Crippen molar-refractivity contribution in [3.63, 3.8) is 0 Å². The maximum atomic E-state index is 12.3. The van der Waals surface area contributed by atoms with E-state index in [1.54, 1.807) is 7.05 Å². The lowest BCUT2D eigenvalue weighted by atomic mass is 10.0. The van der Waals surface area contributed by atoms with Crippen LogP contribution in [0.4, 0.5) is 0 Å². The highest BCUT2D eigenvalue weighted by atomic mass is 16.2. The molecule has 0 saturated heterocycles. The number of aromatic nitrogens is 1. The molecule has 0 spiro atoms. The van der Waals surface area contributed by atoms with Crippen molar-refractivity contribution in [3.8, 4) is 11.1 Å². The van der Waals surface area contributed by atoms with Crippen LogP contribution in [0.2, 0.25) is 0 Å². The zero-order chi connectivity index (χ0) is 14.1. The third kappa shape index (κ3) is 1.96. The summed E-state index contributed by atoms with van der Waals surface area (Å²) < 4.78 is 0. The highest BCUT2D eigenvalue weighted by Gasteiger charge is 2.20. The van der Waals surface area contributed by atoms with E-state index in [4.69, 9.17) is 5.84 Å². The first-order valence-electron chi connectivity index (χ1n) is 6.37. The van der Waals surface area contributed by atoms with Crippen molar-refractivity contribution in [2.75, 3.05) is 7.05 Å². The molecular formula is C16H15N3O. The Morgan fingerprint density at radius 3 is 2.40 bits per heavy atom. The standard InChI is InChI=1S/C16H15N3O/c1-19(17)16(20)15-14(11-7-3-2-4-8-11)12-9-5-6-10-13(12)18-15/h2-10,18H,17H2,1H3. The number of hydrogen-bond acceptors (Lipinski definition) is 2. The number of benzene rings is 2. The van der Waals surface area contributed by atoms with Gasteiger partial charge in [0, 0.05) is 23.5 Å². The van der Waals surface area contributed by atoms with E-state index >= 15 is 0 Å². The smallest absolute Gasteiger partial charge is 0.284 e. The largest absolute Gasteiger partial charge is 0.350 e. The van der Waals surface area contributed by atoms with Crippen LogP contribution in [0.5, 0.6) is 0 Å². The SMILES string of the molecule is CN(N)C(=O)c1[nH]c2ccccc2c1-c1ccccc1. The Hall–Kier alpha value is -2.59. The first-order chi connectivity index (χ1) is 9.68. The fourth-order valence-electron chi connectivity index (χ4n) is 2.38. The van der Waals surface area contributed by atoms with E-state index in [-0.39, 0.29) is 5.91 Å². The number of nitrogens with one attached hydrogen (secondary N) is 1. The number of fused-ring (bicyclic) bond motifs is 1. The monoisotopic (exact) mass is 265 g/mol. The molecule has 20 heavy (non-hydrogen) atoms. The average Bonchev–Trinajstić information content (AvgIpc) is 2.86. The lowest BCUT2D eigenvalue weighted by Gasteiger charge is -2.10. The summed E-state index contributed by atoms with van der Waals surface area (Å²) in [7, 11) is 1.54. The number of H-pyrrole nitrogens is 1. The molecule has 0 aliphatic rings. The van der Waals surface area contributed by atoms with Gasteiger partial charge in [0.05, 0.1) is 0 Å².